The molecule has 0 radical (unpaired) electrons. The lowest BCUT2D eigenvalue weighted by atomic mass is 10.1. The number of hydrogen-bond acceptors (Lipinski definition) is 5. The lowest BCUT2D eigenvalue weighted by Gasteiger charge is -2.36. The highest BCUT2D eigenvalue weighted by Gasteiger charge is 2.24. The summed E-state index contributed by atoms with van der Waals surface area (Å²) in [6, 6.07) is 21.7. The van der Waals surface area contributed by atoms with Crippen LogP contribution in [0.15, 0.2) is 76.8 Å². The van der Waals surface area contributed by atoms with Crippen molar-refractivity contribution >= 4 is 33.6 Å². The van der Waals surface area contributed by atoms with Crippen LogP contribution >= 0.6 is 15.9 Å². The monoisotopic (exact) mass is 563 g/mol. The fourth-order valence-corrected chi connectivity index (χ4v) is 4.50. The minimum Gasteiger partial charge on any atom is -0.490 e. The number of carbonyl (C=O) groups is 1. The summed E-state index contributed by atoms with van der Waals surface area (Å²) in [6.07, 6.45) is 1.57. The van der Waals surface area contributed by atoms with Crippen LogP contribution in [0.1, 0.15) is 18.1 Å². The molecular weight excluding hydrogens is 537 g/mol. The fraction of sp³-hybridized carbons (Fsp3) is 0.241. The maximum atomic E-state index is 13.2. The molecule has 0 aromatic heterocycles. The summed E-state index contributed by atoms with van der Waals surface area (Å²) in [5, 5.41) is 9.79. The van der Waals surface area contributed by atoms with E-state index in [0.29, 0.717) is 54.3 Å². The van der Waals surface area contributed by atoms with Crippen molar-refractivity contribution < 1.29 is 18.7 Å². The van der Waals surface area contributed by atoms with Gasteiger partial charge in [-0.25, -0.2) is 4.39 Å². The minimum absolute atomic E-state index is 0.0521. The van der Waals surface area contributed by atoms with Crippen molar-refractivity contribution in [1.82, 2.24) is 4.90 Å². The summed E-state index contributed by atoms with van der Waals surface area (Å²) in [6.45, 7) is 4.98. The molecule has 0 N–H and O–H groups in total. The normalized spacial score (nSPS) is 13.7. The molecule has 0 spiro atoms. The quantitative estimate of drug-likeness (QED) is 0.255. The standard InChI is InChI=1S/C29H27BrFN3O3/c1-2-36-27-17-22(26(30)18-28(27)37-20-21-8-10-24(31)11-9-21)16-23(19-32)29(35)34-14-12-33(13-15-34)25-6-4-3-5-7-25/h3-11,16-18H,2,12-15,20H2,1H3/b23-16-. The lowest BCUT2D eigenvalue weighted by molar-refractivity contribution is -0.126. The highest BCUT2D eigenvalue weighted by molar-refractivity contribution is 9.10. The Morgan fingerprint density at radius 1 is 1.03 bits per heavy atom. The summed E-state index contributed by atoms with van der Waals surface area (Å²) < 4.78 is 25.5. The van der Waals surface area contributed by atoms with Gasteiger partial charge < -0.3 is 19.3 Å². The largest absolute Gasteiger partial charge is 0.490 e. The molecule has 1 saturated heterocycles. The smallest absolute Gasteiger partial charge is 0.264 e. The molecule has 190 valence electrons. The zero-order valence-corrected chi connectivity index (χ0v) is 22.1. The van der Waals surface area contributed by atoms with E-state index >= 15 is 0 Å². The summed E-state index contributed by atoms with van der Waals surface area (Å²) in [5.74, 6) is 0.382. The average Bonchev–Trinajstić information content (AvgIpc) is 2.93. The van der Waals surface area contributed by atoms with Gasteiger partial charge in [0.25, 0.3) is 5.91 Å². The molecule has 1 fully saturated rings. The zero-order chi connectivity index (χ0) is 26.2. The van der Waals surface area contributed by atoms with Crippen LogP contribution in [0.5, 0.6) is 11.5 Å². The van der Waals surface area contributed by atoms with Gasteiger partial charge in [0.1, 0.15) is 24.1 Å². The highest BCUT2D eigenvalue weighted by atomic mass is 79.9. The van der Waals surface area contributed by atoms with Crippen molar-refractivity contribution in [2.45, 2.75) is 13.5 Å². The first-order chi connectivity index (χ1) is 18.0. The molecule has 3 aromatic carbocycles. The molecule has 1 aliphatic heterocycles. The average molecular weight is 564 g/mol. The molecule has 37 heavy (non-hydrogen) atoms. The molecule has 6 nitrogen and oxygen atoms in total. The first kappa shape index (κ1) is 26.2. The summed E-state index contributed by atoms with van der Waals surface area (Å²) >= 11 is 3.53. The van der Waals surface area contributed by atoms with Crippen molar-refractivity contribution in [1.29, 1.82) is 5.26 Å². The van der Waals surface area contributed by atoms with E-state index in [0.717, 1.165) is 11.3 Å². The van der Waals surface area contributed by atoms with Crippen LogP contribution in [-0.4, -0.2) is 43.6 Å². The van der Waals surface area contributed by atoms with Crippen LogP contribution in [0.2, 0.25) is 0 Å². The molecular formula is C29H27BrFN3O3. The van der Waals surface area contributed by atoms with Gasteiger partial charge in [-0.3, -0.25) is 4.79 Å². The van der Waals surface area contributed by atoms with Gasteiger partial charge in [-0.2, -0.15) is 5.26 Å². The van der Waals surface area contributed by atoms with Crippen molar-refractivity contribution in [3.05, 3.63) is 93.7 Å². The third-order valence-corrected chi connectivity index (χ3v) is 6.70. The van der Waals surface area contributed by atoms with Gasteiger partial charge in [0.05, 0.1) is 6.61 Å². The maximum Gasteiger partial charge on any atom is 0.264 e. The first-order valence-electron chi connectivity index (χ1n) is 12.0. The van der Waals surface area contributed by atoms with E-state index in [-0.39, 0.29) is 23.9 Å². The van der Waals surface area contributed by atoms with Gasteiger partial charge in [-0.05, 0) is 60.5 Å². The number of nitrogens with zero attached hydrogens (tertiary/aromatic N) is 3. The number of nitriles is 1. The molecule has 4 rings (SSSR count). The molecule has 0 unspecified atom stereocenters. The third kappa shape index (κ3) is 6.69. The molecule has 1 aliphatic rings. The Morgan fingerprint density at radius 2 is 1.70 bits per heavy atom. The van der Waals surface area contributed by atoms with Crippen molar-refractivity contribution in [3.63, 3.8) is 0 Å². The highest BCUT2D eigenvalue weighted by Crippen LogP contribution is 2.35. The Bertz CT molecular complexity index is 1300. The Hall–Kier alpha value is -3.83. The molecule has 0 atom stereocenters. The zero-order valence-electron chi connectivity index (χ0n) is 20.5. The molecule has 0 bridgehead atoms. The maximum absolute atomic E-state index is 13.2. The number of carbonyl (C=O) groups excluding carboxylic acids is 1. The number of benzene rings is 3. The molecule has 3 aromatic rings. The Balaban J connectivity index is 1.48. The van der Waals surface area contributed by atoms with E-state index in [9.17, 15) is 14.4 Å². The van der Waals surface area contributed by atoms with Crippen LogP contribution in [0.25, 0.3) is 6.08 Å². The molecule has 0 saturated carbocycles. The number of halogens is 2. The third-order valence-electron chi connectivity index (χ3n) is 6.01. The molecule has 1 heterocycles. The topological polar surface area (TPSA) is 65.8 Å². The lowest BCUT2D eigenvalue weighted by Crippen LogP contribution is -2.49. The summed E-state index contributed by atoms with van der Waals surface area (Å²) in [5.41, 5.74) is 2.62. The van der Waals surface area contributed by atoms with E-state index in [1.165, 1.54) is 12.1 Å². The Morgan fingerprint density at radius 3 is 2.35 bits per heavy atom. The van der Waals surface area contributed by atoms with Gasteiger partial charge in [-0.1, -0.05) is 46.3 Å². The van der Waals surface area contributed by atoms with E-state index in [4.69, 9.17) is 9.47 Å². The predicted molar refractivity (Wildman–Crippen MR) is 145 cm³/mol. The second-order valence-corrected chi connectivity index (χ2v) is 9.31. The van der Waals surface area contributed by atoms with Gasteiger partial charge >= 0.3 is 0 Å². The second kappa shape index (κ2) is 12.4. The van der Waals surface area contributed by atoms with E-state index in [2.05, 4.69) is 39.0 Å². The van der Waals surface area contributed by atoms with Gasteiger partial charge in [0.15, 0.2) is 11.5 Å². The van der Waals surface area contributed by atoms with Gasteiger partial charge in [0.2, 0.25) is 0 Å². The van der Waals surface area contributed by atoms with Crippen LogP contribution in [-0.2, 0) is 11.4 Å². The summed E-state index contributed by atoms with van der Waals surface area (Å²) in [7, 11) is 0. The minimum atomic E-state index is -0.307. The molecule has 0 aliphatic carbocycles. The SMILES string of the molecule is CCOc1cc(/C=C(/C#N)C(=O)N2CCN(c3ccccc3)CC2)c(Br)cc1OCc1ccc(F)cc1. The van der Waals surface area contributed by atoms with Gasteiger partial charge in [-0.15, -0.1) is 0 Å². The van der Waals surface area contributed by atoms with Crippen molar-refractivity contribution in [3.8, 4) is 17.6 Å². The van der Waals surface area contributed by atoms with Gasteiger partial charge in [0, 0.05) is 36.3 Å². The van der Waals surface area contributed by atoms with Crippen LogP contribution < -0.4 is 14.4 Å². The number of anilines is 1. The van der Waals surface area contributed by atoms with Crippen LogP contribution in [0, 0.1) is 17.1 Å². The predicted octanol–water partition coefficient (Wildman–Crippen LogP) is 5.82. The van der Waals surface area contributed by atoms with E-state index in [1.54, 1.807) is 35.2 Å². The number of para-hydroxylation sites is 1. The van der Waals surface area contributed by atoms with Crippen LogP contribution in [0.4, 0.5) is 10.1 Å². The number of amides is 1. The number of ether oxygens (including phenoxy) is 2. The Kier molecular flexibility index (Phi) is 8.81. The molecule has 1 amide bonds. The first-order valence-corrected chi connectivity index (χ1v) is 12.8. The summed E-state index contributed by atoms with van der Waals surface area (Å²) in [4.78, 5) is 17.1. The second-order valence-electron chi connectivity index (χ2n) is 8.45. The van der Waals surface area contributed by atoms with E-state index < -0.39 is 0 Å². The van der Waals surface area contributed by atoms with E-state index in [1.807, 2.05) is 25.1 Å². The Labute approximate surface area is 224 Å². The number of hydrogen-bond donors (Lipinski definition) is 0. The number of rotatable bonds is 8. The number of piperazine rings is 1. The van der Waals surface area contributed by atoms with Crippen molar-refractivity contribution in [2.75, 3.05) is 37.7 Å². The molecule has 8 heteroatoms. The fourth-order valence-electron chi connectivity index (χ4n) is 4.06. The van der Waals surface area contributed by atoms with Crippen molar-refractivity contribution in [2.24, 2.45) is 0 Å². The van der Waals surface area contributed by atoms with Crippen LogP contribution in [0.3, 0.4) is 0 Å².